The van der Waals surface area contributed by atoms with Crippen LogP contribution in [0, 0.1) is 37.5 Å². The van der Waals surface area contributed by atoms with Crippen molar-refractivity contribution in [2.45, 2.75) is 34.1 Å². The molecule has 0 N–H and O–H groups in total. The van der Waals surface area contributed by atoms with Crippen LogP contribution in [-0.2, 0) is 0 Å². The highest BCUT2D eigenvalue weighted by Gasteiger charge is 2.06. The molecule has 0 nitrogen and oxygen atoms in total. The molecule has 0 atom stereocenters. The summed E-state index contributed by atoms with van der Waals surface area (Å²) in [6.45, 7) is 22.4. The minimum Gasteiger partial charge on any atom is -0.106 e. The molecule has 4 rings (SSSR count). The molecule has 0 aliphatic rings. The van der Waals surface area contributed by atoms with Crippen molar-refractivity contribution in [2.24, 2.45) is 0 Å². The van der Waals surface area contributed by atoms with Gasteiger partial charge < -0.3 is 0 Å². The summed E-state index contributed by atoms with van der Waals surface area (Å²) in [4.78, 5) is 0. The second kappa shape index (κ2) is 14.8. The number of hydrogen-bond acceptors (Lipinski definition) is 0. The van der Waals surface area contributed by atoms with E-state index in [4.69, 9.17) is 0 Å². The number of aryl methyl sites for hydroxylation is 2. The smallest absolute Gasteiger partial charge is 0.0328 e. The molecule has 37 heavy (non-hydrogen) atoms. The number of hydrogen-bond donors (Lipinski definition) is 0. The highest BCUT2D eigenvalue weighted by Crippen LogP contribution is 2.22. The van der Waals surface area contributed by atoms with Crippen LogP contribution in [0.1, 0.15) is 64.8 Å². The lowest BCUT2D eigenvalue weighted by Crippen LogP contribution is -1.92. The zero-order valence-electron chi connectivity index (χ0n) is 22.6. The summed E-state index contributed by atoms with van der Waals surface area (Å²) >= 11 is 0. The topological polar surface area (TPSA) is 0 Å². The highest BCUT2D eigenvalue weighted by molar-refractivity contribution is 5.84. The number of benzene rings is 4. The Kier molecular flexibility index (Phi) is 11.5. The predicted octanol–water partition coefficient (Wildman–Crippen LogP) is 9.76. The molecule has 0 radical (unpaired) electrons. The number of rotatable bonds is 2. The quantitative estimate of drug-likeness (QED) is 0.198. The maximum atomic E-state index is 4.01. The lowest BCUT2D eigenvalue weighted by molar-refractivity contribution is 1.09. The molecule has 0 aliphatic carbocycles. The first-order valence-electron chi connectivity index (χ1n) is 12.5. The van der Waals surface area contributed by atoms with Crippen LogP contribution in [-0.4, -0.2) is 0 Å². The van der Waals surface area contributed by atoms with Crippen molar-refractivity contribution < 1.29 is 0 Å². The molecule has 0 saturated heterocycles. The Morgan fingerprint density at radius 3 is 1.54 bits per heavy atom. The summed E-state index contributed by atoms with van der Waals surface area (Å²) in [5.74, 6) is 13.2. The Bertz CT molecular complexity index is 1490. The molecule has 0 spiro atoms. The van der Waals surface area contributed by atoms with Gasteiger partial charge in [0, 0.05) is 22.3 Å². The summed E-state index contributed by atoms with van der Waals surface area (Å²) in [6.07, 6.45) is 4.92. The summed E-state index contributed by atoms with van der Waals surface area (Å²) in [7, 11) is 0. The van der Waals surface area contributed by atoms with Gasteiger partial charge in [-0.2, -0.15) is 0 Å². The van der Waals surface area contributed by atoms with Crippen LogP contribution in [0.4, 0.5) is 0 Å². The Balaban J connectivity index is 0.000000898. The fourth-order valence-electron chi connectivity index (χ4n) is 3.65. The van der Waals surface area contributed by atoms with Crippen molar-refractivity contribution in [3.8, 4) is 23.7 Å². The monoisotopic (exact) mass is 480 g/mol. The van der Waals surface area contributed by atoms with Crippen LogP contribution >= 0.6 is 0 Å². The molecule has 0 heteroatoms. The van der Waals surface area contributed by atoms with Crippen molar-refractivity contribution in [1.29, 1.82) is 0 Å². The predicted molar refractivity (Wildman–Crippen MR) is 166 cm³/mol. The van der Waals surface area contributed by atoms with Crippen LogP contribution in [0.5, 0.6) is 0 Å². The van der Waals surface area contributed by atoms with Gasteiger partial charge in [0.05, 0.1) is 0 Å². The summed E-state index contributed by atoms with van der Waals surface area (Å²) in [5.41, 5.74) is 8.21. The Labute approximate surface area is 224 Å². The van der Waals surface area contributed by atoms with Gasteiger partial charge in [0.25, 0.3) is 0 Å². The van der Waals surface area contributed by atoms with E-state index in [1.807, 2.05) is 36.4 Å². The average Bonchev–Trinajstić information content (AvgIpc) is 2.92. The van der Waals surface area contributed by atoms with Crippen molar-refractivity contribution >= 4 is 22.9 Å². The standard InChI is InChI=1S/C32H24.C3H8.C2H4/c1-5-31-27(16-12-25-10-7-23(3)8-11-25)19-20-28(32(31)6-2)17-13-26-14-18-29-21-24(4)9-15-30(29)22-26;1-3-2;1-2/h5-11,14-15,18-22H,1-2H2,3-4H3;3H2,1-2H3;1-2H2. The minimum absolute atomic E-state index is 0.916. The van der Waals surface area contributed by atoms with Gasteiger partial charge in [0.15, 0.2) is 0 Å². The maximum Gasteiger partial charge on any atom is 0.0328 e. The van der Waals surface area contributed by atoms with Crippen molar-refractivity contribution in [3.63, 3.8) is 0 Å². The Morgan fingerprint density at radius 1 is 0.568 bits per heavy atom. The van der Waals surface area contributed by atoms with Crippen molar-refractivity contribution in [3.05, 3.63) is 144 Å². The van der Waals surface area contributed by atoms with E-state index < -0.39 is 0 Å². The minimum atomic E-state index is 0.916. The van der Waals surface area contributed by atoms with Gasteiger partial charge in [-0.05, 0) is 72.1 Å². The molecule has 0 aromatic heterocycles. The molecular weight excluding hydrogens is 444 g/mol. The first kappa shape index (κ1) is 28.7. The van der Waals surface area contributed by atoms with Gasteiger partial charge in [-0.25, -0.2) is 0 Å². The second-order valence-corrected chi connectivity index (χ2v) is 8.53. The summed E-state index contributed by atoms with van der Waals surface area (Å²) in [6, 6.07) is 25.0. The Morgan fingerprint density at radius 2 is 1.00 bits per heavy atom. The molecule has 4 aromatic rings. The lowest BCUT2D eigenvalue weighted by Gasteiger charge is -2.07. The van der Waals surface area contributed by atoms with Gasteiger partial charge in [0.2, 0.25) is 0 Å². The van der Waals surface area contributed by atoms with Crippen LogP contribution in [0.15, 0.2) is 99.1 Å². The van der Waals surface area contributed by atoms with Gasteiger partial charge in [0.1, 0.15) is 0 Å². The zero-order chi connectivity index (χ0) is 27.2. The van der Waals surface area contributed by atoms with Gasteiger partial charge in [-0.3, -0.25) is 0 Å². The molecule has 184 valence electrons. The van der Waals surface area contributed by atoms with Crippen LogP contribution in [0.2, 0.25) is 0 Å². The third-order valence-corrected chi connectivity index (χ3v) is 5.43. The third-order valence-electron chi connectivity index (χ3n) is 5.43. The van der Waals surface area contributed by atoms with E-state index in [0.717, 1.165) is 33.4 Å². The highest BCUT2D eigenvalue weighted by atomic mass is 14.1. The van der Waals surface area contributed by atoms with E-state index in [-0.39, 0.29) is 0 Å². The molecule has 0 amide bonds. The molecule has 0 heterocycles. The lowest BCUT2D eigenvalue weighted by atomic mass is 9.95. The van der Waals surface area contributed by atoms with E-state index in [1.54, 1.807) is 0 Å². The average molecular weight is 481 g/mol. The van der Waals surface area contributed by atoms with E-state index in [0.29, 0.717) is 0 Å². The molecule has 0 fully saturated rings. The van der Waals surface area contributed by atoms with E-state index >= 15 is 0 Å². The zero-order valence-corrected chi connectivity index (χ0v) is 22.6. The molecule has 0 aliphatic heterocycles. The SMILES string of the molecule is C=C.C=Cc1c(C#Cc2ccc(C)cc2)ccc(C#Cc2ccc3cc(C)ccc3c2)c1C=C.CCC. The first-order valence-corrected chi connectivity index (χ1v) is 12.5. The van der Waals surface area contributed by atoms with Crippen LogP contribution in [0.3, 0.4) is 0 Å². The molecule has 0 bridgehead atoms. The molecular formula is C37H36. The fourth-order valence-corrected chi connectivity index (χ4v) is 3.65. The summed E-state index contributed by atoms with van der Waals surface area (Å²) in [5, 5.41) is 2.42. The van der Waals surface area contributed by atoms with E-state index in [2.05, 4.69) is 126 Å². The molecule has 0 unspecified atom stereocenters. The Hall–Kier alpha value is -4.52. The van der Waals surface area contributed by atoms with E-state index in [1.165, 1.54) is 28.3 Å². The fraction of sp³-hybridized carbons (Fsp3) is 0.135. The van der Waals surface area contributed by atoms with Crippen molar-refractivity contribution in [1.82, 2.24) is 0 Å². The van der Waals surface area contributed by atoms with Crippen molar-refractivity contribution in [2.75, 3.05) is 0 Å². The van der Waals surface area contributed by atoms with Gasteiger partial charge in [-0.1, -0.05) is 117 Å². The third kappa shape index (κ3) is 8.00. The van der Waals surface area contributed by atoms with Gasteiger partial charge in [-0.15, -0.1) is 13.2 Å². The normalized spacial score (nSPS) is 9.19. The largest absolute Gasteiger partial charge is 0.106 e. The maximum absolute atomic E-state index is 4.01. The van der Waals surface area contributed by atoms with Crippen LogP contribution in [0.25, 0.3) is 22.9 Å². The van der Waals surface area contributed by atoms with E-state index in [9.17, 15) is 0 Å². The molecule has 0 saturated carbocycles. The molecule has 4 aromatic carbocycles. The number of fused-ring (bicyclic) bond motifs is 1. The van der Waals surface area contributed by atoms with Crippen LogP contribution < -0.4 is 0 Å². The first-order chi connectivity index (χ1) is 18.0. The second-order valence-electron chi connectivity index (χ2n) is 8.53. The van der Waals surface area contributed by atoms with Gasteiger partial charge >= 0.3 is 0 Å². The summed E-state index contributed by atoms with van der Waals surface area (Å²) < 4.78 is 0.